The molecular formula is C19H19N7OS. The first-order valence-electron chi connectivity index (χ1n) is 8.82. The van der Waals surface area contributed by atoms with Crippen molar-refractivity contribution in [1.82, 2.24) is 24.7 Å². The number of hydrogen-bond acceptors (Lipinski definition) is 6. The smallest absolute Gasteiger partial charge is 0.310 e. The molecule has 3 aromatic heterocycles. The van der Waals surface area contributed by atoms with E-state index in [9.17, 15) is 4.79 Å². The number of carbonyl (C=O) groups excluding carboxylic acids is 1. The van der Waals surface area contributed by atoms with E-state index in [4.69, 9.17) is 0 Å². The lowest BCUT2D eigenvalue weighted by Crippen LogP contribution is -2.20. The van der Waals surface area contributed by atoms with Gasteiger partial charge < -0.3 is 4.57 Å². The van der Waals surface area contributed by atoms with Crippen molar-refractivity contribution in [3.63, 3.8) is 0 Å². The predicted molar refractivity (Wildman–Crippen MR) is 111 cm³/mol. The molecule has 0 radical (unpaired) electrons. The molecule has 0 aliphatic heterocycles. The molecule has 3 heterocycles. The molecule has 2 amide bonds. The first-order chi connectivity index (χ1) is 13.5. The van der Waals surface area contributed by atoms with Crippen LogP contribution in [0, 0.1) is 6.92 Å². The van der Waals surface area contributed by atoms with Crippen molar-refractivity contribution in [3.05, 3.63) is 48.3 Å². The Bertz CT molecular complexity index is 1150. The highest BCUT2D eigenvalue weighted by molar-refractivity contribution is 7.22. The van der Waals surface area contributed by atoms with Crippen LogP contribution in [0.25, 0.3) is 21.7 Å². The molecule has 4 aromatic rings. The summed E-state index contributed by atoms with van der Waals surface area (Å²) >= 11 is 1.43. The quantitative estimate of drug-likeness (QED) is 0.533. The van der Waals surface area contributed by atoms with Crippen molar-refractivity contribution in [2.75, 3.05) is 10.6 Å². The molecule has 0 aliphatic carbocycles. The van der Waals surface area contributed by atoms with Crippen LogP contribution in [0.3, 0.4) is 0 Å². The molecule has 0 atom stereocenters. The highest BCUT2D eigenvalue weighted by Crippen LogP contribution is 2.28. The molecule has 0 saturated heterocycles. The third kappa shape index (κ3) is 3.56. The average Bonchev–Trinajstić information content (AvgIpc) is 3.29. The van der Waals surface area contributed by atoms with Gasteiger partial charge in [-0.1, -0.05) is 29.5 Å². The molecule has 1 aromatic carbocycles. The number of carbonyl (C=O) groups is 1. The van der Waals surface area contributed by atoms with Crippen LogP contribution >= 0.6 is 11.3 Å². The minimum Gasteiger partial charge on any atom is -0.310 e. The normalized spacial score (nSPS) is 11.1. The Labute approximate surface area is 165 Å². The van der Waals surface area contributed by atoms with Gasteiger partial charge in [-0.15, -0.1) is 10.2 Å². The molecule has 0 saturated carbocycles. The summed E-state index contributed by atoms with van der Waals surface area (Å²) in [6.45, 7) is 6.08. The van der Waals surface area contributed by atoms with Crippen molar-refractivity contribution < 1.29 is 4.79 Å². The lowest BCUT2D eigenvalue weighted by molar-refractivity contribution is 0.262. The minimum absolute atomic E-state index is 0.203. The zero-order valence-electron chi connectivity index (χ0n) is 15.7. The van der Waals surface area contributed by atoms with Crippen LogP contribution < -0.4 is 10.6 Å². The van der Waals surface area contributed by atoms with Crippen LogP contribution in [0.1, 0.15) is 25.5 Å². The molecule has 9 heteroatoms. The van der Waals surface area contributed by atoms with Crippen LogP contribution in [0.4, 0.5) is 15.7 Å². The highest BCUT2D eigenvalue weighted by Gasteiger charge is 2.13. The third-order valence-electron chi connectivity index (χ3n) is 4.19. The van der Waals surface area contributed by atoms with Crippen LogP contribution in [0.5, 0.6) is 0 Å². The fraction of sp³-hybridized carbons (Fsp3) is 0.211. The molecule has 2 N–H and O–H groups in total. The zero-order chi connectivity index (χ0) is 19.7. The van der Waals surface area contributed by atoms with Crippen molar-refractivity contribution in [2.45, 2.75) is 26.8 Å². The van der Waals surface area contributed by atoms with E-state index < -0.39 is 6.03 Å². The number of fused-ring (bicyclic) bond motifs is 1. The number of hydrogen-bond donors (Lipinski definition) is 2. The van der Waals surface area contributed by atoms with Crippen LogP contribution in [-0.4, -0.2) is 30.8 Å². The number of amides is 2. The van der Waals surface area contributed by atoms with E-state index in [1.165, 1.54) is 11.3 Å². The second-order valence-corrected chi connectivity index (χ2v) is 7.61. The molecule has 0 bridgehead atoms. The van der Waals surface area contributed by atoms with Crippen molar-refractivity contribution in [2.24, 2.45) is 0 Å². The first-order valence-corrected chi connectivity index (χ1v) is 9.64. The zero-order valence-corrected chi connectivity index (χ0v) is 16.5. The highest BCUT2D eigenvalue weighted by atomic mass is 32.1. The van der Waals surface area contributed by atoms with Gasteiger partial charge in [-0.05, 0) is 44.5 Å². The maximum atomic E-state index is 12.4. The lowest BCUT2D eigenvalue weighted by Gasteiger charge is -2.10. The van der Waals surface area contributed by atoms with Crippen LogP contribution in [0.2, 0.25) is 0 Å². The van der Waals surface area contributed by atoms with Crippen molar-refractivity contribution >= 4 is 38.5 Å². The van der Waals surface area contributed by atoms with Gasteiger partial charge in [0.25, 0.3) is 0 Å². The standard InChI is InChI=1S/C19H19N7OS/c1-11(2)26-10-20-25-17(26)13-7-5-9-15(21-13)22-18(27)24-19-23-16-12(3)6-4-8-14(16)28-19/h4-11H,1-3H3,(H2,21,22,23,24,27). The second-order valence-electron chi connectivity index (χ2n) is 6.58. The second kappa shape index (κ2) is 7.35. The summed E-state index contributed by atoms with van der Waals surface area (Å²) in [7, 11) is 0. The molecule has 142 valence electrons. The number of benzene rings is 1. The van der Waals surface area contributed by atoms with Crippen molar-refractivity contribution in [1.29, 1.82) is 0 Å². The summed E-state index contributed by atoms with van der Waals surface area (Å²) < 4.78 is 2.96. The van der Waals surface area contributed by atoms with Gasteiger partial charge in [0, 0.05) is 6.04 Å². The molecule has 0 aliphatic rings. The molecule has 0 fully saturated rings. The molecule has 0 spiro atoms. The van der Waals surface area contributed by atoms with E-state index in [-0.39, 0.29) is 6.04 Å². The summed E-state index contributed by atoms with van der Waals surface area (Å²) in [5.41, 5.74) is 2.61. The number of pyridine rings is 1. The molecule has 0 unspecified atom stereocenters. The number of thiazole rings is 1. The average molecular weight is 393 g/mol. The maximum absolute atomic E-state index is 12.4. The van der Waals surface area contributed by atoms with Crippen molar-refractivity contribution in [3.8, 4) is 11.5 Å². The number of nitrogens with zero attached hydrogens (tertiary/aromatic N) is 5. The van der Waals surface area contributed by atoms with Gasteiger partial charge >= 0.3 is 6.03 Å². The molecular weight excluding hydrogens is 374 g/mol. The Hall–Kier alpha value is -3.33. The topological polar surface area (TPSA) is 97.6 Å². The van der Waals surface area contributed by atoms with Gasteiger partial charge in [0.2, 0.25) is 0 Å². The first kappa shape index (κ1) is 18.1. The fourth-order valence-corrected chi connectivity index (χ4v) is 3.76. The van der Waals surface area contributed by atoms with E-state index >= 15 is 0 Å². The van der Waals surface area contributed by atoms with Gasteiger partial charge in [-0.25, -0.2) is 14.8 Å². The van der Waals surface area contributed by atoms with Gasteiger partial charge in [-0.2, -0.15) is 0 Å². The number of nitrogens with one attached hydrogen (secondary N) is 2. The molecule has 28 heavy (non-hydrogen) atoms. The van der Waals surface area contributed by atoms with Gasteiger partial charge in [0.1, 0.15) is 17.8 Å². The number of rotatable bonds is 4. The fourth-order valence-electron chi connectivity index (χ4n) is 2.82. The van der Waals surface area contributed by atoms with Gasteiger partial charge in [0.05, 0.1) is 10.2 Å². The van der Waals surface area contributed by atoms with E-state index in [2.05, 4.69) is 30.8 Å². The maximum Gasteiger partial charge on any atom is 0.326 e. The third-order valence-corrected chi connectivity index (χ3v) is 5.13. The summed E-state index contributed by atoms with van der Waals surface area (Å²) in [4.78, 5) is 21.4. The Morgan fingerprint density at radius 1 is 1.11 bits per heavy atom. The number of para-hydroxylation sites is 1. The van der Waals surface area contributed by atoms with Crippen LogP contribution in [0.15, 0.2) is 42.7 Å². The summed E-state index contributed by atoms with van der Waals surface area (Å²) in [5.74, 6) is 1.08. The SMILES string of the molecule is Cc1cccc2sc(NC(=O)Nc3cccc(-c4nncn4C(C)C)n3)nc12. The summed E-state index contributed by atoms with van der Waals surface area (Å²) in [6.07, 6.45) is 1.67. The van der Waals surface area contributed by atoms with E-state index in [1.807, 2.05) is 55.7 Å². The number of urea groups is 1. The summed E-state index contributed by atoms with van der Waals surface area (Å²) in [6, 6.07) is 11.1. The van der Waals surface area contributed by atoms with E-state index in [0.29, 0.717) is 22.5 Å². The van der Waals surface area contributed by atoms with Gasteiger partial charge in [-0.3, -0.25) is 10.6 Å². The monoisotopic (exact) mass is 393 g/mol. The summed E-state index contributed by atoms with van der Waals surface area (Å²) in [5, 5.41) is 14.2. The Morgan fingerprint density at radius 3 is 2.71 bits per heavy atom. The van der Waals surface area contributed by atoms with E-state index in [1.54, 1.807) is 12.4 Å². The predicted octanol–water partition coefficient (Wildman–Crippen LogP) is 4.48. The Balaban J connectivity index is 1.51. The molecule has 8 nitrogen and oxygen atoms in total. The van der Waals surface area contributed by atoms with Gasteiger partial charge in [0.15, 0.2) is 11.0 Å². The lowest BCUT2D eigenvalue weighted by atomic mass is 10.2. The Morgan fingerprint density at radius 2 is 1.93 bits per heavy atom. The number of aromatic nitrogens is 5. The largest absolute Gasteiger partial charge is 0.326 e. The number of anilines is 2. The van der Waals surface area contributed by atoms with E-state index in [0.717, 1.165) is 15.8 Å². The Kier molecular flexibility index (Phi) is 4.74. The van der Waals surface area contributed by atoms with Crippen LogP contribution in [-0.2, 0) is 0 Å². The minimum atomic E-state index is -0.397. The molecule has 4 rings (SSSR count). The number of aryl methyl sites for hydroxylation is 1.